The minimum Gasteiger partial charge on any atom is -0.493 e. The molecule has 2 rings (SSSR count). The molecule has 0 amide bonds. The minimum absolute atomic E-state index is 0.205. The van der Waals surface area contributed by atoms with Crippen molar-refractivity contribution in [3.05, 3.63) is 82.7 Å². The average molecular weight is 520 g/mol. The van der Waals surface area contributed by atoms with Gasteiger partial charge in [0.15, 0.2) is 6.79 Å². The first-order valence-corrected chi connectivity index (χ1v) is 13.5. The van der Waals surface area contributed by atoms with Crippen molar-refractivity contribution in [1.29, 1.82) is 0 Å². The first-order valence-electron chi connectivity index (χ1n) is 13.5. The fourth-order valence-corrected chi connectivity index (χ4v) is 3.51. The van der Waals surface area contributed by atoms with Gasteiger partial charge in [0.2, 0.25) is 0 Å². The molecule has 2 N–H and O–H groups in total. The molecular formula is C32H45N3O3. The molecule has 0 aromatic heterocycles. The van der Waals surface area contributed by atoms with Crippen molar-refractivity contribution < 1.29 is 14.2 Å². The molecule has 0 aliphatic carbocycles. The Morgan fingerprint density at radius 2 is 1.87 bits per heavy atom. The number of nitrogens with one attached hydrogen (secondary N) is 2. The average Bonchev–Trinajstić information content (AvgIpc) is 2.89. The van der Waals surface area contributed by atoms with Crippen LogP contribution in [0.5, 0.6) is 11.5 Å². The molecule has 0 radical (unpaired) electrons. The number of unbranched alkanes of at least 4 members (excludes halogenated alkanes) is 1. The molecule has 0 heterocycles. The summed E-state index contributed by atoms with van der Waals surface area (Å²) < 4.78 is 17.4. The third kappa shape index (κ3) is 10.1. The Kier molecular flexibility index (Phi) is 13.2. The van der Waals surface area contributed by atoms with E-state index < -0.39 is 0 Å². The van der Waals surface area contributed by atoms with Gasteiger partial charge in [-0.3, -0.25) is 5.43 Å². The van der Waals surface area contributed by atoms with Gasteiger partial charge < -0.3 is 19.5 Å². The summed E-state index contributed by atoms with van der Waals surface area (Å²) in [5.41, 5.74) is 9.45. The van der Waals surface area contributed by atoms with Gasteiger partial charge in [-0.05, 0) is 74.9 Å². The molecule has 6 heteroatoms. The number of ether oxygens (including phenoxy) is 3. The van der Waals surface area contributed by atoms with Gasteiger partial charge in [0.05, 0.1) is 12.8 Å². The number of rotatable bonds is 16. The molecule has 0 fully saturated rings. The Morgan fingerprint density at radius 1 is 1.08 bits per heavy atom. The normalized spacial score (nSPS) is 11.9. The van der Waals surface area contributed by atoms with E-state index in [1.54, 1.807) is 6.21 Å². The topological polar surface area (TPSA) is 64.1 Å². The molecular weight excluding hydrogens is 474 g/mol. The first-order chi connectivity index (χ1) is 18.3. The van der Waals surface area contributed by atoms with Gasteiger partial charge in [0, 0.05) is 23.9 Å². The zero-order valence-electron chi connectivity index (χ0n) is 24.2. The van der Waals surface area contributed by atoms with Crippen molar-refractivity contribution in [2.75, 3.05) is 25.3 Å². The number of nitrogens with zero attached hydrogens (tertiary/aromatic N) is 1. The summed E-state index contributed by atoms with van der Waals surface area (Å²) in [4.78, 5) is 0. The maximum atomic E-state index is 6.10. The predicted molar refractivity (Wildman–Crippen MR) is 161 cm³/mol. The van der Waals surface area contributed by atoms with Crippen LogP contribution in [0.4, 0.5) is 5.69 Å². The van der Waals surface area contributed by atoms with Gasteiger partial charge in [-0.15, -0.1) is 0 Å². The summed E-state index contributed by atoms with van der Waals surface area (Å²) in [6.07, 6.45) is 10.1. The van der Waals surface area contributed by atoms with E-state index in [4.69, 9.17) is 14.2 Å². The molecule has 0 atom stereocenters. The van der Waals surface area contributed by atoms with Crippen LogP contribution in [0.2, 0.25) is 0 Å². The van der Waals surface area contributed by atoms with Gasteiger partial charge in [-0.25, -0.2) is 0 Å². The molecule has 6 nitrogen and oxygen atoms in total. The van der Waals surface area contributed by atoms with Crippen molar-refractivity contribution in [2.24, 2.45) is 5.10 Å². The van der Waals surface area contributed by atoms with Crippen molar-refractivity contribution in [3.63, 3.8) is 0 Å². The van der Waals surface area contributed by atoms with Crippen LogP contribution in [0.1, 0.15) is 82.6 Å². The number of hydrogen-bond donors (Lipinski definition) is 2. The van der Waals surface area contributed by atoms with Gasteiger partial charge >= 0.3 is 0 Å². The molecule has 0 aliphatic rings. The molecule has 0 aliphatic heterocycles. The lowest BCUT2D eigenvalue weighted by Gasteiger charge is -2.18. The molecule has 0 bridgehead atoms. The molecule has 0 saturated heterocycles. The Labute approximate surface area is 229 Å². The fraction of sp³-hybridized carbons (Fsp3) is 0.406. The van der Waals surface area contributed by atoms with Crippen LogP contribution >= 0.6 is 0 Å². The smallest absolute Gasteiger partial charge is 0.189 e. The second-order valence-electron chi connectivity index (χ2n) is 9.45. The molecule has 38 heavy (non-hydrogen) atoms. The highest BCUT2D eigenvalue weighted by Gasteiger charge is 2.14. The molecule has 206 valence electrons. The van der Waals surface area contributed by atoms with Crippen LogP contribution in [0.25, 0.3) is 6.08 Å². The summed E-state index contributed by atoms with van der Waals surface area (Å²) in [6, 6.07) is 10.2. The standard InChI is InChI=1S/C32H45N3O3/c1-9-12-17-37-31-20-32(38-22-36-11-3)30(23(4)5)19-28(31)21-33-35-26(8)34-29-16-14-25(7)27(18-29)15-13-24(6)10-2/h10,13-16,18-21,23,34-35H,8-9,11-12,17,22H2,1-7H3/b15-13-,24-10-,33-21+. The van der Waals surface area contributed by atoms with E-state index in [0.717, 1.165) is 46.7 Å². The van der Waals surface area contributed by atoms with Crippen molar-refractivity contribution in [1.82, 2.24) is 5.43 Å². The summed E-state index contributed by atoms with van der Waals surface area (Å²) >= 11 is 0. The van der Waals surface area contributed by atoms with Crippen LogP contribution in [-0.4, -0.2) is 26.2 Å². The Balaban J connectivity index is 2.18. The van der Waals surface area contributed by atoms with Crippen molar-refractivity contribution >= 4 is 18.0 Å². The number of aryl methyl sites for hydroxylation is 1. The lowest BCUT2D eigenvalue weighted by atomic mass is 9.99. The second kappa shape index (κ2) is 16.4. The van der Waals surface area contributed by atoms with Crippen LogP contribution in [0.3, 0.4) is 0 Å². The Hall–Kier alpha value is -3.51. The molecule has 0 saturated carbocycles. The van der Waals surface area contributed by atoms with Gasteiger partial charge in [0.25, 0.3) is 0 Å². The second-order valence-corrected chi connectivity index (χ2v) is 9.45. The zero-order valence-corrected chi connectivity index (χ0v) is 24.2. The lowest BCUT2D eigenvalue weighted by molar-refractivity contribution is 0.0216. The third-order valence-electron chi connectivity index (χ3n) is 5.98. The summed E-state index contributed by atoms with van der Waals surface area (Å²) in [7, 11) is 0. The number of hydrogen-bond acceptors (Lipinski definition) is 6. The lowest BCUT2D eigenvalue weighted by Crippen LogP contribution is -2.13. The highest BCUT2D eigenvalue weighted by Crippen LogP contribution is 2.33. The van der Waals surface area contributed by atoms with E-state index in [1.807, 2.05) is 26.0 Å². The summed E-state index contributed by atoms with van der Waals surface area (Å²) in [5.74, 6) is 2.32. The predicted octanol–water partition coefficient (Wildman–Crippen LogP) is 8.16. The van der Waals surface area contributed by atoms with Gasteiger partial charge in [0.1, 0.15) is 17.3 Å². The zero-order chi connectivity index (χ0) is 27.9. The maximum absolute atomic E-state index is 6.10. The van der Waals surface area contributed by atoms with Crippen LogP contribution in [0.15, 0.2) is 65.6 Å². The monoisotopic (exact) mass is 519 g/mol. The highest BCUT2D eigenvalue weighted by atomic mass is 16.7. The molecule has 0 unspecified atom stereocenters. The molecule has 2 aromatic carbocycles. The van der Waals surface area contributed by atoms with Gasteiger partial charge in [-0.1, -0.05) is 63.6 Å². The van der Waals surface area contributed by atoms with Crippen molar-refractivity contribution in [3.8, 4) is 11.5 Å². The Morgan fingerprint density at radius 3 is 2.55 bits per heavy atom. The van der Waals surface area contributed by atoms with E-state index in [2.05, 4.69) is 93.5 Å². The van der Waals surface area contributed by atoms with E-state index in [0.29, 0.717) is 19.0 Å². The number of allylic oxidation sites excluding steroid dienone is 3. The van der Waals surface area contributed by atoms with E-state index >= 15 is 0 Å². The minimum atomic E-state index is 0.205. The number of benzene rings is 2. The number of anilines is 1. The maximum Gasteiger partial charge on any atom is 0.189 e. The number of hydrazone groups is 1. The van der Waals surface area contributed by atoms with E-state index in [9.17, 15) is 0 Å². The highest BCUT2D eigenvalue weighted by molar-refractivity contribution is 5.84. The summed E-state index contributed by atoms with van der Waals surface area (Å²) in [6.45, 7) is 20.1. The first kappa shape index (κ1) is 30.7. The van der Waals surface area contributed by atoms with Crippen LogP contribution in [0, 0.1) is 6.92 Å². The SMILES string of the molecule is C=C(N/N=C/c1cc(C(C)C)c(OCOCC)cc1OCCCC)Nc1ccc(C)c(/C=C\C(C)=C/C)c1. The third-order valence-corrected chi connectivity index (χ3v) is 5.98. The fourth-order valence-electron chi connectivity index (χ4n) is 3.51. The summed E-state index contributed by atoms with van der Waals surface area (Å²) in [5, 5.41) is 7.73. The van der Waals surface area contributed by atoms with E-state index in [-0.39, 0.29) is 12.7 Å². The van der Waals surface area contributed by atoms with E-state index in [1.165, 1.54) is 11.1 Å². The van der Waals surface area contributed by atoms with Gasteiger partial charge in [-0.2, -0.15) is 5.10 Å². The quantitative estimate of drug-likeness (QED) is 0.0770. The van der Waals surface area contributed by atoms with Crippen molar-refractivity contribution in [2.45, 2.75) is 67.2 Å². The molecule has 2 aromatic rings. The molecule has 0 spiro atoms. The van der Waals surface area contributed by atoms with Crippen LogP contribution in [-0.2, 0) is 4.74 Å². The Bertz CT molecular complexity index is 1130. The largest absolute Gasteiger partial charge is 0.493 e. The van der Waals surface area contributed by atoms with Crippen LogP contribution < -0.4 is 20.2 Å².